The van der Waals surface area contributed by atoms with Crippen LogP contribution >= 0.6 is 0 Å². The van der Waals surface area contributed by atoms with Crippen LogP contribution in [0.15, 0.2) is 54.6 Å². The molecule has 3 aromatic rings. The average Bonchev–Trinajstić information content (AvgIpc) is 2.60. The first-order valence-corrected chi connectivity index (χ1v) is 7.36. The van der Waals surface area contributed by atoms with Crippen LogP contribution in [0.1, 0.15) is 16.1 Å². The lowest BCUT2D eigenvalue weighted by atomic mass is 10.1. The first-order valence-electron chi connectivity index (χ1n) is 7.36. The van der Waals surface area contributed by atoms with E-state index in [1.165, 1.54) is 17.0 Å². The monoisotopic (exact) mass is 321 g/mol. The predicted octanol–water partition coefficient (Wildman–Crippen LogP) is 3.73. The number of aromatic nitrogens is 1. The number of nitrogens with zero attached hydrogens (tertiary/aromatic N) is 3. The van der Waals surface area contributed by atoms with E-state index in [0.29, 0.717) is 16.8 Å². The first-order chi connectivity index (χ1) is 11.5. The van der Waals surface area contributed by atoms with E-state index >= 15 is 0 Å². The zero-order valence-electron chi connectivity index (χ0n) is 13.3. The maximum absolute atomic E-state index is 12.8. The third kappa shape index (κ3) is 2.81. The number of fused-ring (bicyclic) bond motifs is 1. The molecule has 24 heavy (non-hydrogen) atoms. The number of aryl methyl sites for hydroxylation is 1. The van der Waals surface area contributed by atoms with Crippen molar-refractivity contribution in [1.29, 1.82) is 0 Å². The van der Waals surface area contributed by atoms with Gasteiger partial charge in [-0.05, 0) is 31.2 Å². The smallest absolute Gasteiger partial charge is 0.269 e. The van der Waals surface area contributed by atoms with Gasteiger partial charge < -0.3 is 4.90 Å². The number of anilines is 1. The largest absolute Gasteiger partial charge is 0.311 e. The van der Waals surface area contributed by atoms with Crippen LogP contribution in [-0.4, -0.2) is 22.9 Å². The number of rotatable bonds is 3. The third-order valence-electron chi connectivity index (χ3n) is 3.84. The zero-order chi connectivity index (χ0) is 17.3. The molecule has 0 atom stereocenters. The molecule has 1 amide bonds. The summed E-state index contributed by atoms with van der Waals surface area (Å²) >= 11 is 0. The second kappa shape index (κ2) is 6.08. The van der Waals surface area contributed by atoms with Crippen LogP contribution in [0.3, 0.4) is 0 Å². The maximum Gasteiger partial charge on any atom is 0.269 e. The third-order valence-corrected chi connectivity index (χ3v) is 3.84. The normalized spacial score (nSPS) is 10.6. The summed E-state index contributed by atoms with van der Waals surface area (Å²) in [4.78, 5) is 29.0. The number of pyridine rings is 1. The molecule has 0 aliphatic heterocycles. The van der Waals surface area contributed by atoms with Crippen LogP contribution in [0.4, 0.5) is 11.4 Å². The summed E-state index contributed by atoms with van der Waals surface area (Å²) in [7, 11) is 1.64. The second-order valence-corrected chi connectivity index (χ2v) is 5.47. The average molecular weight is 321 g/mol. The number of carbonyl (C=O) groups is 1. The van der Waals surface area contributed by atoms with E-state index in [1.54, 1.807) is 25.2 Å². The fourth-order valence-electron chi connectivity index (χ4n) is 2.51. The van der Waals surface area contributed by atoms with E-state index in [-0.39, 0.29) is 11.6 Å². The van der Waals surface area contributed by atoms with Gasteiger partial charge in [-0.3, -0.25) is 19.9 Å². The molecule has 0 aliphatic rings. The van der Waals surface area contributed by atoms with Crippen molar-refractivity contribution in [2.45, 2.75) is 6.92 Å². The number of carbonyl (C=O) groups excluding carboxylic acids is 1. The molecule has 0 unspecified atom stereocenters. The zero-order valence-corrected chi connectivity index (χ0v) is 13.3. The van der Waals surface area contributed by atoms with Crippen molar-refractivity contribution in [3.05, 3.63) is 76.0 Å². The Kier molecular flexibility index (Phi) is 3.95. The molecular formula is C18H15N3O3. The molecule has 2 aromatic carbocycles. The van der Waals surface area contributed by atoms with Crippen molar-refractivity contribution in [3.63, 3.8) is 0 Å². The number of hydrogen-bond donors (Lipinski definition) is 0. The lowest BCUT2D eigenvalue weighted by Crippen LogP contribution is -2.26. The Morgan fingerprint density at radius 3 is 2.46 bits per heavy atom. The Bertz CT molecular complexity index is 936. The molecule has 0 N–H and O–H groups in total. The van der Waals surface area contributed by atoms with Gasteiger partial charge in [0.1, 0.15) is 0 Å². The fraction of sp³-hybridized carbons (Fsp3) is 0.111. The van der Waals surface area contributed by atoms with E-state index in [4.69, 9.17) is 0 Å². The minimum Gasteiger partial charge on any atom is -0.311 e. The van der Waals surface area contributed by atoms with Gasteiger partial charge in [-0.2, -0.15) is 0 Å². The van der Waals surface area contributed by atoms with E-state index in [2.05, 4.69) is 4.98 Å². The van der Waals surface area contributed by atoms with Gasteiger partial charge in [-0.15, -0.1) is 0 Å². The summed E-state index contributed by atoms with van der Waals surface area (Å²) in [6, 6.07) is 15.2. The molecule has 0 aliphatic carbocycles. The Hall–Kier alpha value is -3.28. The van der Waals surface area contributed by atoms with Crippen molar-refractivity contribution in [3.8, 4) is 0 Å². The van der Waals surface area contributed by atoms with E-state index < -0.39 is 4.92 Å². The summed E-state index contributed by atoms with van der Waals surface area (Å²) in [6.45, 7) is 1.88. The molecule has 0 radical (unpaired) electrons. The number of nitro benzene ring substituents is 1. The molecule has 0 bridgehead atoms. The molecular weight excluding hydrogens is 306 g/mol. The van der Waals surface area contributed by atoms with Gasteiger partial charge in [-0.1, -0.05) is 18.2 Å². The molecule has 0 saturated heterocycles. The van der Waals surface area contributed by atoms with Crippen molar-refractivity contribution < 1.29 is 9.72 Å². The summed E-state index contributed by atoms with van der Waals surface area (Å²) in [5, 5.41) is 11.6. The Morgan fingerprint density at radius 1 is 1.08 bits per heavy atom. The maximum atomic E-state index is 12.8. The summed E-state index contributed by atoms with van der Waals surface area (Å²) in [6.07, 6.45) is 0. The summed E-state index contributed by atoms with van der Waals surface area (Å²) in [5.41, 5.74) is 2.55. The van der Waals surface area contributed by atoms with E-state index in [9.17, 15) is 14.9 Å². The van der Waals surface area contributed by atoms with Crippen LogP contribution in [0.2, 0.25) is 0 Å². The molecule has 3 rings (SSSR count). The highest BCUT2D eigenvalue weighted by Crippen LogP contribution is 2.23. The van der Waals surface area contributed by atoms with Gasteiger partial charge in [0.25, 0.3) is 11.6 Å². The molecule has 0 spiro atoms. The van der Waals surface area contributed by atoms with Crippen LogP contribution in [-0.2, 0) is 0 Å². The van der Waals surface area contributed by atoms with Gasteiger partial charge >= 0.3 is 0 Å². The number of hydrogen-bond acceptors (Lipinski definition) is 4. The molecule has 0 fully saturated rings. The van der Waals surface area contributed by atoms with Gasteiger partial charge in [-0.25, -0.2) is 0 Å². The SMILES string of the molecule is Cc1ccc2cccc(C(=O)N(C)c3ccc([N+](=O)[O-])cc3)c2n1. The van der Waals surface area contributed by atoms with Crippen LogP contribution in [0, 0.1) is 17.0 Å². The number of nitro groups is 1. The summed E-state index contributed by atoms with van der Waals surface area (Å²) < 4.78 is 0. The highest BCUT2D eigenvalue weighted by Gasteiger charge is 2.18. The number of non-ortho nitro benzene ring substituents is 1. The van der Waals surface area contributed by atoms with Crippen molar-refractivity contribution >= 4 is 28.2 Å². The van der Waals surface area contributed by atoms with Crippen LogP contribution < -0.4 is 4.90 Å². The Morgan fingerprint density at radius 2 is 1.79 bits per heavy atom. The minimum atomic E-state index is -0.469. The lowest BCUT2D eigenvalue weighted by molar-refractivity contribution is -0.384. The van der Waals surface area contributed by atoms with Crippen LogP contribution in [0.25, 0.3) is 10.9 Å². The van der Waals surface area contributed by atoms with Crippen molar-refractivity contribution in [2.24, 2.45) is 0 Å². The van der Waals surface area contributed by atoms with Gasteiger partial charge in [0.15, 0.2) is 0 Å². The highest BCUT2D eigenvalue weighted by atomic mass is 16.6. The molecule has 6 heteroatoms. The minimum absolute atomic E-state index is 0.0120. The second-order valence-electron chi connectivity index (χ2n) is 5.47. The van der Waals surface area contributed by atoms with Gasteiger partial charge in [0.2, 0.25) is 0 Å². The topological polar surface area (TPSA) is 76.3 Å². The molecule has 1 heterocycles. The van der Waals surface area contributed by atoms with E-state index in [0.717, 1.165) is 11.1 Å². The van der Waals surface area contributed by atoms with E-state index in [1.807, 2.05) is 31.2 Å². The molecule has 120 valence electrons. The molecule has 0 saturated carbocycles. The first kappa shape index (κ1) is 15.6. The Labute approximate surface area is 138 Å². The molecule has 1 aromatic heterocycles. The van der Waals surface area contributed by atoms with Gasteiger partial charge in [0, 0.05) is 35.9 Å². The number of amides is 1. The quantitative estimate of drug-likeness (QED) is 0.544. The highest BCUT2D eigenvalue weighted by molar-refractivity contribution is 6.12. The summed E-state index contributed by atoms with van der Waals surface area (Å²) in [5.74, 6) is -0.215. The number of para-hydroxylation sites is 1. The fourth-order valence-corrected chi connectivity index (χ4v) is 2.51. The van der Waals surface area contributed by atoms with Crippen LogP contribution in [0.5, 0.6) is 0 Å². The van der Waals surface area contributed by atoms with Gasteiger partial charge in [0.05, 0.1) is 16.0 Å². The lowest BCUT2D eigenvalue weighted by Gasteiger charge is -2.18. The van der Waals surface area contributed by atoms with Crippen molar-refractivity contribution in [2.75, 3.05) is 11.9 Å². The predicted molar refractivity (Wildman–Crippen MR) is 92.3 cm³/mol. The standard InChI is InChI=1S/C18H15N3O3/c1-12-6-7-13-4-3-5-16(17(13)19-12)18(22)20(2)14-8-10-15(11-9-14)21(23)24/h3-11H,1-2H3. The number of benzene rings is 2. The van der Waals surface area contributed by atoms with Crippen molar-refractivity contribution in [1.82, 2.24) is 4.98 Å². The molecule has 6 nitrogen and oxygen atoms in total. The Balaban J connectivity index is 1.99.